The highest BCUT2D eigenvalue weighted by Gasteiger charge is 2.15. The molecule has 3 N–H and O–H groups in total. The number of amides is 2. The van der Waals surface area contributed by atoms with Crippen molar-refractivity contribution < 1.29 is 19.6 Å². The molecule has 1 aromatic rings. The van der Waals surface area contributed by atoms with Gasteiger partial charge in [0, 0.05) is 17.8 Å². The summed E-state index contributed by atoms with van der Waals surface area (Å²) >= 11 is 3.03. The average molecular weight is 346 g/mol. The Bertz CT molecular complexity index is 549. The fourth-order valence-corrected chi connectivity index (χ4v) is 1.83. The Morgan fingerprint density at radius 1 is 1.50 bits per heavy atom. The predicted octanol–water partition coefficient (Wildman–Crippen LogP) is 2.34. The molecule has 1 atom stereocenters. The van der Waals surface area contributed by atoms with Crippen LogP contribution in [0.15, 0.2) is 22.7 Å². The lowest BCUT2D eigenvalue weighted by Gasteiger charge is -2.12. The van der Waals surface area contributed by atoms with Gasteiger partial charge in [-0.25, -0.2) is 4.79 Å². The number of hydrogen-bond acceptors (Lipinski definition) is 4. The minimum Gasteiger partial charge on any atom is -0.481 e. The number of benzene rings is 1. The number of hydrogen-bond donors (Lipinski definition) is 3. The zero-order valence-corrected chi connectivity index (χ0v) is 12.0. The van der Waals surface area contributed by atoms with Crippen molar-refractivity contribution in [2.24, 2.45) is 0 Å². The molecule has 0 aliphatic heterocycles. The van der Waals surface area contributed by atoms with Crippen LogP contribution in [0.5, 0.6) is 0 Å². The van der Waals surface area contributed by atoms with E-state index in [2.05, 4.69) is 26.6 Å². The van der Waals surface area contributed by atoms with Gasteiger partial charge in [0.15, 0.2) is 0 Å². The Hall–Kier alpha value is -2.16. The zero-order chi connectivity index (χ0) is 15.3. The number of nitrogens with zero attached hydrogens (tertiary/aromatic N) is 1. The van der Waals surface area contributed by atoms with Gasteiger partial charge >= 0.3 is 12.0 Å². The number of aliphatic carboxylic acids is 1. The maximum atomic E-state index is 11.6. The minimum atomic E-state index is -1.03. The number of carbonyl (C=O) groups is 2. The molecule has 0 aliphatic carbocycles. The molecule has 0 heterocycles. The van der Waals surface area contributed by atoms with Crippen LogP contribution in [0.1, 0.15) is 13.3 Å². The number of carboxylic acid groups (broad SMARTS) is 1. The van der Waals surface area contributed by atoms with Gasteiger partial charge in [-0.1, -0.05) is 0 Å². The fourth-order valence-electron chi connectivity index (χ4n) is 1.43. The largest absolute Gasteiger partial charge is 0.481 e. The van der Waals surface area contributed by atoms with Crippen molar-refractivity contribution in [1.29, 1.82) is 0 Å². The van der Waals surface area contributed by atoms with Crippen molar-refractivity contribution in [3.8, 4) is 0 Å². The maximum absolute atomic E-state index is 11.6. The molecule has 0 spiro atoms. The summed E-state index contributed by atoms with van der Waals surface area (Å²) in [6, 6.07) is 2.94. The third-order valence-electron chi connectivity index (χ3n) is 2.26. The van der Waals surface area contributed by atoms with Crippen LogP contribution in [0.4, 0.5) is 16.2 Å². The van der Waals surface area contributed by atoms with Crippen LogP contribution in [0, 0.1) is 10.1 Å². The van der Waals surface area contributed by atoms with Crippen molar-refractivity contribution >= 4 is 39.3 Å². The van der Waals surface area contributed by atoms with Gasteiger partial charge < -0.3 is 15.7 Å². The van der Waals surface area contributed by atoms with Gasteiger partial charge in [-0.05, 0) is 35.0 Å². The molecule has 108 valence electrons. The van der Waals surface area contributed by atoms with Gasteiger partial charge in [0.05, 0.1) is 15.8 Å². The SMILES string of the molecule is CC(CC(=O)O)NC(=O)Nc1ccc(Br)c([N+](=O)[O-])c1. The Morgan fingerprint density at radius 3 is 2.70 bits per heavy atom. The molecule has 0 radical (unpaired) electrons. The van der Waals surface area contributed by atoms with Crippen LogP contribution in [0.25, 0.3) is 0 Å². The van der Waals surface area contributed by atoms with E-state index in [1.807, 2.05) is 0 Å². The lowest BCUT2D eigenvalue weighted by atomic mass is 10.2. The Balaban J connectivity index is 2.69. The van der Waals surface area contributed by atoms with E-state index in [1.165, 1.54) is 25.1 Å². The highest BCUT2D eigenvalue weighted by Crippen LogP contribution is 2.27. The molecule has 1 rings (SSSR count). The first-order chi connectivity index (χ1) is 9.29. The first-order valence-electron chi connectivity index (χ1n) is 5.53. The lowest BCUT2D eigenvalue weighted by Crippen LogP contribution is -2.37. The van der Waals surface area contributed by atoms with Crippen molar-refractivity contribution in [3.63, 3.8) is 0 Å². The first-order valence-corrected chi connectivity index (χ1v) is 6.32. The summed E-state index contributed by atoms with van der Waals surface area (Å²) in [5.41, 5.74) is 0.0568. The minimum absolute atomic E-state index is 0.179. The van der Waals surface area contributed by atoms with Crippen LogP contribution in [-0.2, 0) is 4.79 Å². The van der Waals surface area contributed by atoms with Crippen molar-refractivity contribution in [2.45, 2.75) is 19.4 Å². The quantitative estimate of drug-likeness (QED) is 0.558. The van der Waals surface area contributed by atoms with Crippen molar-refractivity contribution in [1.82, 2.24) is 5.32 Å². The van der Waals surface area contributed by atoms with Crippen molar-refractivity contribution in [2.75, 3.05) is 5.32 Å². The van der Waals surface area contributed by atoms with Gasteiger partial charge in [0.2, 0.25) is 0 Å². The summed E-state index contributed by atoms with van der Waals surface area (Å²) in [7, 11) is 0. The lowest BCUT2D eigenvalue weighted by molar-refractivity contribution is -0.385. The summed E-state index contributed by atoms with van der Waals surface area (Å²) in [6.07, 6.45) is -0.214. The van der Waals surface area contributed by atoms with E-state index in [0.29, 0.717) is 4.47 Å². The number of rotatable bonds is 5. The van der Waals surface area contributed by atoms with E-state index in [9.17, 15) is 19.7 Å². The molecule has 0 fully saturated rings. The Morgan fingerprint density at radius 2 is 2.15 bits per heavy atom. The standard InChI is InChI=1S/C11H12BrN3O5/c1-6(4-10(16)17)13-11(18)14-7-2-3-8(12)9(5-7)15(19)20/h2-3,5-6H,4H2,1H3,(H,16,17)(H2,13,14,18). The van der Waals surface area contributed by atoms with Crippen LogP contribution in [0.2, 0.25) is 0 Å². The van der Waals surface area contributed by atoms with Crippen LogP contribution >= 0.6 is 15.9 Å². The number of urea groups is 1. The molecule has 0 saturated carbocycles. The summed E-state index contributed by atoms with van der Waals surface area (Å²) in [6.45, 7) is 1.54. The van der Waals surface area contributed by atoms with E-state index in [4.69, 9.17) is 5.11 Å². The number of carbonyl (C=O) groups excluding carboxylic acids is 1. The Kier molecular flexibility index (Phi) is 5.44. The van der Waals surface area contributed by atoms with E-state index in [0.717, 1.165) is 0 Å². The maximum Gasteiger partial charge on any atom is 0.319 e. The number of nitro benzene ring substituents is 1. The monoisotopic (exact) mass is 345 g/mol. The molecule has 0 aromatic heterocycles. The number of nitrogens with one attached hydrogen (secondary N) is 2. The summed E-state index contributed by atoms with van der Waals surface area (Å²) in [5.74, 6) is -1.03. The number of anilines is 1. The van der Waals surface area contributed by atoms with E-state index < -0.39 is 23.0 Å². The topological polar surface area (TPSA) is 122 Å². The third-order valence-corrected chi connectivity index (χ3v) is 2.93. The number of nitro groups is 1. The van der Waals surface area contributed by atoms with Crippen LogP contribution in [-0.4, -0.2) is 28.1 Å². The Labute approximate surface area is 122 Å². The zero-order valence-electron chi connectivity index (χ0n) is 10.4. The van der Waals surface area contributed by atoms with Gasteiger partial charge in [-0.2, -0.15) is 0 Å². The third kappa shape index (κ3) is 4.84. The van der Waals surface area contributed by atoms with E-state index in [-0.39, 0.29) is 17.8 Å². The van der Waals surface area contributed by atoms with Crippen molar-refractivity contribution in [3.05, 3.63) is 32.8 Å². The van der Waals surface area contributed by atoms with Gasteiger partial charge in [-0.15, -0.1) is 0 Å². The van der Waals surface area contributed by atoms with E-state index >= 15 is 0 Å². The molecule has 2 amide bonds. The summed E-state index contributed by atoms with van der Waals surface area (Å²) < 4.78 is 0.299. The van der Waals surface area contributed by atoms with E-state index in [1.54, 1.807) is 0 Å². The second-order valence-electron chi connectivity index (χ2n) is 4.02. The molecule has 1 unspecified atom stereocenters. The molecule has 0 saturated heterocycles. The van der Waals surface area contributed by atoms with Crippen LogP contribution in [0.3, 0.4) is 0 Å². The summed E-state index contributed by atoms with van der Waals surface area (Å²) in [5, 5.41) is 24.1. The molecule has 9 heteroatoms. The summed E-state index contributed by atoms with van der Waals surface area (Å²) in [4.78, 5) is 32.2. The van der Waals surface area contributed by atoms with Gasteiger partial charge in [-0.3, -0.25) is 14.9 Å². The molecule has 0 bridgehead atoms. The fraction of sp³-hybridized carbons (Fsp3) is 0.273. The smallest absolute Gasteiger partial charge is 0.319 e. The first kappa shape index (κ1) is 15.9. The van der Waals surface area contributed by atoms with Gasteiger partial charge in [0.25, 0.3) is 5.69 Å². The molecule has 8 nitrogen and oxygen atoms in total. The molecule has 20 heavy (non-hydrogen) atoms. The predicted molar refractivity (Wildman–Crippen MR) is 74.7 cm³/mol. The second kappa shape index (κ2) is 6.85. The average Bonchev–Trinajstić information content (AvgIpc) is 2.29. The highest BCUT2D eigenvalue weighted by molar-refractivity contribution is 9.10. The second-order valence-corrected chi connectivity index (χ2v) is 4.88. The number of carboxylic acids is 1. The molecular weight excluding hydrogens is 334 g/mol. The normalized spacial score (nSPS) is 11.5. The molecular formula is C11H12BrN3O5. The van der Waals surface area contributed by atoms with Gasteiger partial charge in [0.1, 0.15) is 0 Å². The molecule has 1 aromatic carbocycles. The highest BCUT2D eigenvalue weighted by atomic mass is 79.9. The van der Waals surface area contributed by atoms with Crippen LogP contribution < -0.4 is 10.6 Å². The molecule has 0 aliphatic rings. The number of halogens is 1.